The van der Waals surface area contributed by atoms with Crippen molar-refractivity contribution in [2.75, 3.05) is 0 Å². The molecule has 0 fully saturated rings. The average molecular weight is 300 g/mol. The van der Waals surface area contributed by atoms with E-state index in [1.54, 1.807) is 17.5 Å². The molecule has 0 aliphatic heterocycles. The van der Waals surface area contributed by atoms with Crippen molar-refractivity contribution in [3.05, 3.63) is 39.8 Å². The summed E-state index contributed by atoms with van der Waals surface area (Å²) < 4.78 is 6.10. The van der Waals surface area contributed by atoms with E-state index in [2.05, 4.69) is 20.9 Å². The summed E-state index contributed by atoms with van der Waals surface area (Å²) in [5.41, 5.74) is 0.188. The molecule has 82 valence electrons. The van der Waals surface area contributed by atoms with Gasteiger partial charge in [0.05, 0.1) is 5.56 Å². The van der Waals surface area contributed by atoms with Crippen molar-refractivity contribution < 1.29 is 14.6 Å². The van der Waals surface area contributed by atoms with Crippen molar-refractivity contribution in [2.24, 2.45) is 0 Å². The maximum absolute atomic E-state index is 10.7. The van der Waals surface area contributed by atoms with E-state index in [1.165, 1.54) is 23.5 Å². The Kier molecular flexibility index (Phi) is 3.21. The number of carboxylic acids is 1. The van der Waals surface area contributed by atoms with Gasteiger partial charge in [-0.1, -0.05) is 17.4 Å². The number of carbonyl (C=O) groups is 1. The quantitative estimate of drug-likeness (QED) is 0.944. The second kappa shape index (κ2) is 4.63. The number of ether oxygens (including phenoxy) is 1. The molecule has 0 aliphatic carbocycles. The standard InChI is InChI=1S/C10H6BrNO3S/c11-8-5-16-10(12-8)15-7-3-1-2-6(4-7)9(13)14/h1-5H,(H,13,14). The molecule has 16 heavy (non-hydrogen) atoms. The highest BCUT2D eigenvalue weighted by Gasteiger charge is 2.06. The molecule has 2 aromatic rings. The molecule has 0 atom stereocenters. The molecule has 1 heterocycles. The Morgan fingerprint density at radius 1 is 1.50 bits per heavy atom. The van der Waals surface area contributed by atoms with Gasteiger partial charge in [0.15, 0.2) is 0 Å². The van der Waals surface area contributed by atoms with Gasteiger partial charge in [-0.15, -0.1) is 0 Å². The summed E-state index contributed by atoms with van der Waals surface area (Å²) in [6.07, 6.45) is 0. The first-order valence-electron chi connectivity index (χ1n) is 4.27. The number of benzene rings is 1. The van der Waals surface area contributed by atoms with Crippen molar-refractivity contribution >= 4 is 33.2 Å². The van der Waals surface area contributed by atoms with Crippen molar-refractivity contribution in [2.45, 2.75) is 0 Å². The Bertz CT molecular complexity index is 526. The molecule has 4 nitrogen and oxygen atoms in total. The molecule has 0 saturated carbocycles. The Hall–Kier alpha value is -1.40. The minimum atomic E-state index is -0.981. The van der Waals surface area contributed by atoms with Gasteiger partial charge in [0.1, 0.15) is 10.4 Å². The zero-order chi connectivity index (χ0) is 11.5. The third kappa shape index (κ3) is 2.59. The Labute approximate surface area is 104 Å². The molecule has 0 amide bonds. The highest BCUT2D eigenvalue weighted by Crippen LogP contribution is 2.27. The number of rotatable bonds is 3. The van der Waals surface area contributed by atoms with Gasteiger partial charge in [-0.3, -0.25) is 0 Å². The number of aromatic carboxylic acids is 1. The zero-order valence-corrected chi connectivity index (χ0v) is 10.3. The molecular formula is C10H6BrNO3S. The van der Waals surface area contributed by atoms with Crippen LogP contribution < -0.4 is 4.74 Å². The van der Waals surface area contributed by atoms with Crippen LogP contribution in [0.2, 0.25) is 0 Å². The molecule has 6 heteroatoms. The predicted molar refractivity (Wildman–Crippen MR) is 63.3 cm³/mol. The van der Waals surface area contributed by atoms with Crippen LogP contribution in [-0.4, -0.2) is 16.1 Å². The first-order chi connectivity index (χ1) is 7.65. The summed E-state index contributed by atoms with van der Waals surface area (Å²) in [5, 5.41) is 11.1. The molecule has 1 N–H and O–H groups in total. The Morgan fingerprint density at radius 3 is 2.94 bits per heavy atom. The van der Waals surface area contributed by atoms with Crippen LogP contribution in [0.15, 0.2) is 34.2 Å². The van der Waals surface area contributed by atoms with E-state index in [0.717, 1.165) is 0 Å². The second-order valence-electron chi connectivity index (χ2n) is 2.87. The fraction of sp³-hybridized carbons (Fsp3) is 0. The highest BCUT2D eigenvalue weighted by atomic mass is 79.9. The first-order valence-corrected chi connectivity index (χ1v) is 5.94. The second-order valence-corrected chi connectivity index (χ2v) is 4.50. The van der Waals surface area contributed by atoms with Gasteiger partial charge < -0.3 is 9.84 Å². The van der Waals surface area contributed by atoms with Gasteiger partial charge in [0.2, 0.25) is 0 Å². The van der Waals surface area contributed by atoms with Crippen LogP contribution in [-0.2, 0) is 0 Å². The lowest BCUT2D eigenvalue weighted by Gasteiger charge is -2.01. The van der Waals surface area contributed by atoms with Crippen molar-refractivity contribution in [3.8, 4) is 10.9 Å². The lowest BCUT2D eigenvalue weighted by molar-refractivity contribution is 0.0696. The topological polar surface area (TPSA) is 59.4 Å². The van der Waals surface area contributed by atoms with Gasteiger partial charge in [-0.05, 0) is 34.1 Å². The fourth-order valence-corrected chi connectivity index (χ4v) is 2.18. The zero-order valence-electron chi connectivity index (χ0n) is 7.88. The van der Waals surface area contributed by atoms with Crippen molar-refractivity contribution in [1.29, 1.82) is 0 Å². The molecule has 1 aromatic carbocycles. The van der Waals surface area contributed by atoms with E-state index >= 15 is 0 Å². The third-order valence-corrected chi connectivity index (χ3v) is 3.17. The molecule has 0 unspecified atom stereocenters. The minimum absolute atomic E-state index is 0.188. The van der Waals surface area contributed by atoms with E-state index in [9.17, 15) is 4.79 Å². The van der Waals surface area contributed by atoms with Crippen LogP contribution in [0.4, 0.5) is 0 Å². The highest BCUT2D eigenvalue weighted by molar-refractivity contribution is 9.10. The number of hydrogen-bond donors (Lipinski definition) is 1. The maximum Gasteiger partial charge on any atom is 0.335 e. The number of carboxylic acid groups (broad SMARTS) is 1. The van der Waals surface area contributed by atoms with Crippen molar-refractivity contribution in [1.82, 2.24) is 4.98 Å². The third-order valence-electron chi connectivity index (χ3n) is 1.74. The molecule has 1 aromatic heterocycles. The van der Waals surface area contributed by atoms with Crippen LogP contribution in [0.5, 0.6) is 10.9 Å². The molecule has 0 bridgehead atoms. The predicted octanol–water partition coefficient (Wildman–Crippen LogP) is 3.40. The van der Waals surface area contributed by atoms with Crippen LogP contribution in [0, 0.1) is 0 Å². The van der Waals surface area contributed by atoms with Crippen molar-refractivity contribution in [3.63, 3.8) is 0 Å². The molecule has 2 rings (SSSR count). The maximum atomic E-state index is 10.7. The number of thiazole rings is 1. The van der Waals surface area contributed by atoms with Crippen LogP contribution in [0.3, 0.4) is 0 Å². The summed E-state index contributed by atoms with van der Waals surface area (Å²) in [6, 6.07) is 6.27. The van der Waals surface area contributed by atoms with E-state index < -0.39 is 5.97 Å². The molecule has 0 spiro atoms. The SMILES string of the molecule is O=C(O)c1cccc(Oc2nc(Br)cs2)c1. The van der Waals surface area contributed by atoms with E-state index in [4.69, 9.17) is 9.84 Å². The largest absolute Gasteiger partial charge is 0.478 e. The average Bonchev–Trinajstić information content (AvgIpc) is 2.64. The van der Waals surface area contributed by atoms with Gasteiger partial charge in [0, 0.05) is 5.38 Å². The van der Waals surface area contributed by atoms with Crippen LogP contribution in [0.1, 0.15) is 10.4 Å². The lowest BCUT2D eigenvalue weighted by Crippen LogP contribution is -1.95. The van der Waals surface area contributed by atoms with E-state index in [-0.39, 0.29) is 5.56 Å². The molecule has 0 radical (unpaired) electrons. The normalized spacial score (nSPS) is 10.1. The number of aromatic nitrogens is 1. The Morgan fingerprint density at radius 2 is 2.31 bits per heavy atom. The number of hydrogen-bond acceptors (Lipinski definition) is 4. The Balaban J connectivity index is 2.21. The van der Waals surface area contributed by atoms with Gasteiger partial charge in [-0.25, -0.2) is 4.79 Å². The number of halogens is 1. The van der Waals surface area contributed by atoms with Crippen LogP contribution >= 0.6 is 27.3 Å². The van der Waals surface area contributed by atoms with E-state index in [1.807, 2.05) is 0 Å². The molecule has 0 aliphatic rings. The molecule has 0 saturated heterocycles. The van der Waals surface area contributed by atoms with Gasteiger partial charge in [0.25, 0.3) is 5.19 Å². The first kappa shape index (κ1) is 11.1. The number of nitrogens with zero attached hydrogens (tertiary/aromatic N) is 1. The van der Waals surface area contributed by atoms with Gasteiger partial charge in [-0.2, -0.15) is 4.98 Å². The smallest absolute Gasteiger partial charge is 0.335 e. The minimum Gasteiger partial charge on any atom is -0.478 e. The van der Waals surface area contributed by atoms with Crippen LogP contribution in [0.25, 0.3) is 0 Å². The summed E-state index contributed by atoms with van der Waals surface area (Å²) in [6.45, 7) is 0. The summed E-state index contributed by atoms with van der Waals surface area (Å²) in [4.78, 5) is 14.8. The van der Waals surface area contributed by atoms with Gasteiger partial charge >= 0.3 is 5.97 Å². The lowest BCUT2D eigenvalue weighted by atomic mass is 10.2. The fourth-order valence-electron chi connectivity index (χ4n) is 1.08. The summed E-state index contributed by atoms with van der Waals surface area (Å²) in [5.74, 6) is -0.521. The summed E-state index contributed by atoms with van der Waals surface area (Å²) >= 11 is 4.54. The van der Waals surface area contributed by atoms with E-state index in [0.29, 0.717) is 15.5 Å². The monoisotopic (exact) mass is 299 g/mol. The molecular weight excluding hydrogens is 294 g/mol. The summed E-state index contributed by atoms with van der Waals surface area (Å²) in [7, 11) is 0.